The van der Waals surface area contributed by atoms with Crippen LogP contribution < -0.4 is 5.32 Å². The van der Waals surface area contributed by atoms with E-state index in [1.54, 1.807) is 0 Å². The number of aliphatic hydroxyl groups excluding tert-OH is 1. The fourth-order valence-corrected chi connectivity index (χ4v) is 2.81. The van der Waals surface area contributed by atoms with E-state index in [-0.39, 0.29) is 0 Å². The Morgan fingerprint density at radius 2 is 2.24 bits per heavy atom. The van der Waals surface area contributed by atoms with Crippen molar-refractivity contribution in [3.8, 4) is 0 Å². The van der Waals surface area contributed by atoms with E-state index in [1.807, 2.05) is 36.0 Å². The Morgan fingerprint density at radius 1 is 1.47 bits per heavy atom. The highest BCUT2D eigenvalue weighted by Crippen LogP contribution is 2.17. The van der Waals surface area contributed by atoms with Gasteiger partial charge in [0.1, 0.15) is 0 Å². The van der Waals surface area contributed by atoms with Gasteiger partial charge in [-0.05, 0) is 30.4 Å². The molecule has 2 nitrogen and oxygen atoms in total. The van der Waals surface area contributed by atoms with Crippen molar-refractivity contribution in [3.63, 3.8) is 0 Å². The van der Waals surface area contributed by atoms with E-state index < -0.39 is 6.10 Å². The van der Waals surface area contributed by atoms with Crippen molar-refractivity contribution in [2.75, 3.05) is 18.6 Å². The van der Waals surface area contributed by atoms with Crippen LogP contribution in [0.1, 0.15) is 25.0 Å². The Hall–Kier alpha value is -0.0300. The van der Waals surface area contributed by atoms with Gasteiger partial charge < -0.3 is 10.4 Å². The van der Waals surface area contributed by atoms with E-state index in [9.17, 15) is 5.11 Å². The van der Waals surface area contributed by atoms with Crippen LogP contribution in [-0.2, 0) is 0 Å². The molecule has 0 fully saturated rings. The van der Waals surface area contributed by atoms with E-state index in [0.717, 1.165) is 22.2 Å². The van der Waals surface area contributed by atoms with E-state index in [0.29, 0.717) is 12.6 Å². The number of halogens is 1. The van der Waals surface area contributed by atoms with Gasteiger partial charge in [0.15, 0.2) is 0 Å². The number of rotatable bonds is 7. The maximum absolute atomic E-state index is 10.1. The summed E-state index contributed by atoms with van der Waals surface area (Å²) in [5, 5.41) is 13.5. The summed E-state index contributed by atoms with van der Waals surface area (Å²) >= 11 is 5.25. The first-order valence-electron chi connectivity index (χ1n) is 5.83. The van der Waals surface area contributed by atoms with Crippen LogP contribution in [-0.4, -0.2) is 29.7 Å². The van der Waals surface area contributed by atoms with Gasteiger partial charge in [-0.15, -0.1) is 0 Å². The zero-order valence-corrected chi connectivity index (χ0v) is 12.7. The molecule has 1 aromatic carbocycles. The van der Waals surface area contributed by atoms with Gasteiger partial charge in [0.05, 0.1) is 6.10 Å². The second-order valence-corrected chi connectivity index (χ2v) is 5.87. The maximum atomic E-state index is 10.1. The van der Waals surface area contributed by atoms with Crippen molar-refractivity contribution in [2.24, 2.45) is 0 Å². The van der Waals surface area contributed by atoms with Gasteiger partial charge in [-0.25, -0.2) is 0 Å². The molecule has 0 heterocycles. The third-order valence-corrected chi connectivity index (χ3v) is 3.92. The summed E-state index contributed by atoms with van der Waals surface area (Å²) in [6, 6.07) is 8.30. The van der Waals surface area contributed by atoms with Crippen LogP contribution in [0.4, 0.5) is 0 Å². The molecule has 2 atom stereocenters. The van der Waals surface area contributed by atoms with Crippen LogP contribution >= 0.6 is 27.7 Å². The summed E-state index contributed by atoms with van der Waals surface area (Å²) in [7, 11) is 0. The summed E-state index contributed by atoms with van der Waals surface area (Å²) in [5.74, 6) is 1.09. The summed E-state index contributed by atoms with van der Waals surface area (Å²) in [4.78, 5) is 0. The largest absolute Gasteiger partial charge is 0.387 e. The lowest BCUT2D eigenvalue weighted by Gasteiger charge is -2.19. The zero-order valence-electron chi connectivity index (χ0n) is 10.3. The van der Waals surface area contributed by atoms with Crippen LogP contribution in [0.3, 0.4) is 0 Å². The van der Waals surface area contributed by atoms with Crippen molar-refractivity contribution in [3.05, 3.63) is 34.3 Å². The molecule has 0 spiro atoms. The Morgan fingerprint density at radius 3 is 2.82 bits per heavy atom. The van der Waals surface area contributed by atoms with Crippen molar-refractivity contribution >= 4 is 27.7 Å². The molecule has 0 amide bonds. The first-order chi connectivity index (χ1) is 8.17. The molecule has 17 heavy (non-hydrogen) atoms. The summed E-state index contributed by atoms with van der Waals surface area (Å²) in [6.45, 7) is 2.77. The number of hydrogen-bond acceptors (Lipinski definition) is 3. The van der Waals surface area contributed by atoms with Crippen molar-refractivity contribution < 1.29 is 5.11 Å². The van der Waals surface area contributed by atoms with Crippen LogP contribution in [0.2, 0.25) is 0 Å². The molecule has 2 unspecified atom stereocenters. The molecule has 96 valence electrons. The molecular formula is C13H20BrNOS. The highest BCUT2D eigenvalue weighted by molar-refractivity contribution is 9.10. The lowest BCUT2D eigenvalue weighted by Crippen LogP contribution is -2.34. The molecule has 0 aromatic heterocycles. The highest BCUT2D eigenvalue weighted by Gasteiger charge is 2.10. The van der Waals surface area contributed by atoms with Gasteiger partial charge in [-0.2, -0.15) is 11.8 Å². The Kier molecular flexibility index (Phi) is 7.19. The van der Waals surface area contributed by atoms with Gasteiger partial charge in [0.2, 0.25) is 0 Å². The molecule has 0 bridgehead atoms. The average Bonchev–Trinajstić information content (AvgIpc) is 2.34. The summed E-state index contributed by atoms with van der Waals surface area (Å²) in [6.07, 6.45) is 2.75. The number of thioether (sulfide) groups is 1. The second-order valence-electron chi connectivity index (χ2n) is 4.04. The minimum absolute atomic E-state index is 0.441. The first-order valence-corrected chi connectivity index (χ1v) is 8.02. The molecule has 0 aliphatic carbocycles. The molecule has 0 aliphatic heterocycles. The third-order valence-electron chi connectivity index (χ3n) is 2.69. The fourth-order valence-electron chi connectivity index (χ4n) is 1.63. The molecule has 0 aliphatic rings. The normalized spacial score (nSPS) is 14.6. The second kappa shape index (κ2) is 8.14. The van der Waals surface area contributed by atoms with Crippen molar-refractivity contribution in [1.82, 2.24) is 5.32 Å². The SMILES string of the molecule is CCC(CSC)NCC(O)c1cccc(Br)c1. The first kappa shape index (κ1) is 15.0. The minimum Gasteiger partial charge on any atom is -0.387 e. The molecule has 2 N–H and O–H groups in total. The number of hydrogen-bond donors (Lipinski definition) is 2. The van der Waals surface area contributed by atoms with Crippen LogP contribution in [0.5, 0.6) is 0 Å². The summed E-state index contributed by atoms with van der Waals surface area (Å²) in [5.41, 5.74) is 0.950. The lowest BCUT2D eigenvalue weighted by atomic mass is 10.1. The van der Waals surface area contributed by atoms with Gasteiger partial charge in [-0.3, -0.25) is 0 Å². The molecule has 1 aromatic rings. The van der Waals surface area contributed by atoms with Crippen LogP contribution in [0.15, 0.2) is 28.7 Å². The Bertz CT molecular complexity index is 335. The minimum atomic E-state index is -0.441. The summed E-state index contributed by atoms with van der Waals surface area (Å²) < 4.78 is 1.00. The average molecular weight is 318 g/mol. The quantitative estimate of drug-likeness (QED) is 0.810. The highest BCUT2D eigenvalue weighted by atomic mass is 79.9. The lowest BCUT2D eigenvalue weighted by molar-refractivity contribution is 0.170. The molecule has 0 saturated carbocycles. The van der Waals surface area contributed by atoms with Gasteiger partial charge in [0.25, 0.3) is 0 Å². The van der Waals surface area contributed by atoms with E-state index in [4.69, 9.17) is 0 Å². The fraction of sp³-hybridized carbons (Fsp3) is 0.538. The molecule has 0 radical (unpaired) electrons. The van der Waals surface area contributed by atoms with Gasteiger partial charge in [0, 0.05) is 22.8 Å². The number of aliphatic hydroxyl groups is 1. The van der Waals surface area contributed by atoms with Gasteiger partial charge in [-0.1, -0.05) is 35.0 Å². The van der Waals surface area contributed by atoms with E-state index in [1.165, 1.54) is 0 Å². The third kappa shape index (κ3) is 5.42. The molecule has 1 rings (SSSR count). The van der Waals surface area contributed by atoms with Crippen LogP contribution in [0.25, 0.3) is 0 Å². The monoisotopic (exact) mass is 317 g/mol. The molecular weight excluding hydrogens is 298 g/mol. The Balaban J connectivity index is 2.46. The predicted molar refractivity (Wildman–Crippen MR) is 79.6 cm³/mol. The topological polar surface area (TPSA) is 32.3 Å². The zero-order chi connectivity index (χ0) is 12.7. The molecule has 4 heteroatoms. The van der Waals surface area contributed by atoms with Crippen molar-refractivity contribution in [1.29, 1.82) is 0 Å². The van der Waals surface area contributed by atoms with E-state index in [2.05, 4.69) is 34.4 Å². The molecule has 0 saturated heterocycles. The standard InChI is InChI=1S/C13H20BrNOS/c1-3-12(9-17-2)15-8-13(16)10-5-4-6-11(14)7-10/h4-7,12-13,15-16H,3,8-9H2,1-2H3. The predicted octanol–water partition coefficient (Wildman–Crippen LogP) is 3.21. The number of nitrogens with one attached hydrogen (secondary N) is 1. The maximum Gasteiger partial charge on any atom is 0.0914 e. The Labute approximate surface area is 116 Å². The smallest absolute Gasteiger partial charge is 0.0914 e. The van der Waals surface area contributed by atoms with Gasteiger partial charge >= 0.3 is 0 Å². The van der Waals surface area contributed by atoms with E-state index >= 15 is 0 Å². The number of benzene rings is 1. The van der Waals surface area contributed by atoms with Crippen molar-refractivity contribution in [2.45, 2.75) is 25.5 Å². The van der Waals surface area contributed by atoms with Crippen LogP contribution in [0, 0.1) is 0 Å².